The highest BCUT2D eigenvalue weighted by Crippen LogP contribution is 2.13. The van der Waals surface area contributed by atoms with Crippen LogP contribution in [-0.4, -0.2) is 42.6 Å². The average molecular weight is 260 g/mol. The largest absolute Gasteiger partial charge is 0.330 e. The second-order valence-corrected chi connectivity index (χ2v) is 5.96. The number of aromatic nitrogens is 2. The van der Waals surface area contributed by atoms with Gasteiger partial charge in [-0.1, -0.05) is 6.42 Å². The van der Waals surface area contributed by atoms with E-state index in [1.54, 1.807) is 14.1 Å². The summed E-state index contributed by atoms with van der Waals surface area (Å²) in [4.78, 5) is 0. The van der Waals surface area contributed by atoms with Gasteiger partial charge >= 0.3 is 0 Å². The molecule has 0 fully saturated rings. The van der Waals surface area contributed by atoms with Gasteiger partial charge in [-0.25, -0.2) is 8.42 Å². The number of rotatable bonds is 7. The Kier molecular flexibility index (Phi) is 5.10. The molecule has 0 radical (unpaired) electrons. The van der Waals surface area contributed by atoms with E-state index in [4.69, 9.17) is 5.73 Å². The molecule has 2 N–H and O–H groups in total. The fourth-order valence-electron chi connectivity index (χ4n) is 1.55. The van der Waals surface area contributed by atoms with Gasteiger partial charge in [0.15, 0.2) is 5.03 Å². The summed E-state index contributed by atoms with van der Waals surface area (Å²) in [6, 6.07) is 1.51. The van der Waals surface area contributed by atoms with Crippen molar-refractivity contribution in [3.05, 3.63) is 12.3 Å². The molecule has 0 saturated carbocycles. The van der Waals surface area contributed by atoms with Crippen LogP contribution in [0.5, 0.6) is 0 Å². The minimum absolute atomic E-state index is 0.221. The van der Waals surface area contributed by atoms with Crippen molar-refractivity contribution < 1.29 is 8.42 Å². The average Bonchev–Trinajstić information content (AvgIpc) is 2.71. The first-order valence-corrected chi connectivity index (χ1v) is 7.08. The van der Waals surface area contributed by atoms with Gasteiger partial charge in [-0.3, -0.25) is 4.68 Å². The van der Waals surface area contributed by atoms with E-state index in [0.717, 1.165) is 19.3 Å². The minimum atomic E-state index is -3.41. The standard InChI is InChI=1S/C10H20N4O2S/c1-13(9-5-3-4-7-11)17(15,16)10-6-8-12-14(10)2/h6,8H,3-5,7,9,11H2,1-2H3. The normalized spacial score (nSPS) is 12.2. The minimum Gasteiger partial charge on any atom is -0.330 e. The monoisotopic (exact) mass is 260 g/mol. The summed E-state index contributed by atoms with van der Waals surface area (Å²) in [5.41, 5.74) is 5.38. The number of nitrogens with two attached hydrogens (primary N) is 1. The van der Waals surface area contributed by atoms with Gasteiger partial charge in [-0.05, 0) is 25.5 Å². The molecule has 0 saturated heterocycles. The highest BCUT2D eigenvalue weighted by Gasteiger charge is 2.23. The van der Waals surface area contributed by atoms with E-state index in [2.05, 4.69) is 5.10 Å². The fraction of sp³-hybridized carbons (Fsp3) is 0.700. The molecule has 0 bridgehead atoms. The Hall–Kier alpha value is -0.920. The second kappa shape index (κ2) is 6.13. The summed E-state index contributed by atoms with van der Waals surface area (Å²) in [7, 11) is -0.203. The summed E-state index contributed by atoms with van der Waals surface area (Å²) < 4.78 is 27.0. The van der Waals surface area contributed by atoms with Crippen LogP contribution in [0.1, 0.15) is 19.3 Å². The zero-order valence-corrected chi connectivity index (χ0v) is 11.2. The van der Waals surface area contributed by atoms with E-state index in [0.29, 0.717) is 13.1 Å². The number of nitrogens with zero attached hydrogens (tertiary/aromatic N) is 3. The molecule has 0 aliphatic rings. The topological polar surface area (TPSA) is 81.2 Å². The van der Waals surface area contributed by atoms with E-state index >= 15 is 0 Å². The fourth-order valence-corrected chi connectivity index (χ4v) is 2.85. The van der Waals surface area contributed by atoms with Crippen LogP contribution in [0.2, 0.25) is 0 Å². The number of hydrogen-bond donors (Lipinski definition) is 1. The SMILES string of the molecule is CN(CCCCCN)S(=O)(=O)c1ccnn1C. The van der Waals surface area contributed by atoms with Gasteiger partial charge in [0.2, 0.25) is 0 Å². The van der Waals surface area contributed by atoms with Crippen molar-refractivity contribution in [1.82, 2.24) is 14.1 Å². The van der Waals surface area contributed by atoms with E-state index in [1.807, 2.05) is 0 Å². The third-order valence-electron chi connectivity index (χ3n) is 2.63. The predicted octanol–water partition coefficient (Wildman–Crippen LogP) is 0.170. The molecule has 98 valence electrons. The van der Waals surface area contributed by atoms with Crippen molar-refractivity contribution in [3.63, 3.8) is 0 Å². The lowest BCUT2D eigenvalue weighted by Gasteiger charge is -2.16. The molecular weight excluding hydrogens is 240 g/mol. The number of unbranched alkanes of at least 4 members (excludes halogenated alkanes) is 2. The molecule has 0 aliphatic heterocycles. The third-order valence-corrected chi connectivity index (χ3v) is 4.56. The number of sulfonamides is 1. The molecule has 0 amide bonds. The van der Waals surface area contributed by atoms with E-state index in [1.165, 1.54) is 21.3 Å². The molecular formula is C10H20N4O2S. The summed E-state index contributed by atoms with van der Waals surface area (Å²) in [5, 5.41) is 4.09. The van der Waals surface area contributed by atoms with Gasteiger partial charge in [-0.15, -0.1) is 0 Å². The molecule has 7 heteroatoms. The summed E-state index contributed by atoms with van der Waals surface area (Å²) in [6.07, 6.45) is 4.18. The van der Waals surface area contributed by atoms with Crippen molar-refractivity contribution in [3.8, 4) is 0 Å². The zero-order chi connectivity index (χ0) is 12.9. The quantitative estimate of drug-likeness (QED) is 0.709. The van der Waals surface area contributed by atoms with Gasteiger partial charge in [0.1, 0.15) is 0 Å². The molecule has 1 aromatic rings. The van der Waals surface area contributed by atoms with Gasteiger partial charge in [-0.2, -0.15) is 9.40 Å². The molecule has 1 rings (SSSR count). The molecule has 0 atom stereocenters. The molecule has 0 unspecified atom stereocenters. The maximum atomic E-state index is 12.1. The summed E-state index contributed by atoms with van der Waals surface area (Å²) in [5.74, 6) is 0. The maximum absolute atomic E-state index is 12.1. The summed E-state index contributed by atoms with van der Waals surface area (Å²) in [6.45, 7) is 1.16. The molecule has 6 nitrogen and oxygen atoms in total. The van der Waals surface area contributed by atoms with Crippen LogP contribution in [0.4, 0.5) is 0 Å². The van der Waals surface area contributed by atoms with Crippen LogP contribution in [0.15, 0.2) is 17.3 Å². The van der Waals surface area contributed by atoms with Crippen LogP contribution < -0.4 is 5.73 Å². The van der Waals surface area contributed by atoms with Crippen LogP contribution >= 0.6 is 0 Å². The Morgan fingerprint density at radius 3 is 2.65 bits per heavy atom. The van der Waals surface area contributed by atoms with E-state index in [9.17, 15) is 8.42 Å². The van der Waals surface area contributed by atoms with Crippen molar-refractivity contribution in [2.24, 2.45) is 12.8 Å². The van der Waals surface area contributed by atoms with Crippen molar-refractivity contribution in [2.75, 3.05) is 20.1 Å². The highest BCUT2D eigenvalue weighted by molar-refractivity contribution is 7.89. The highest BCUT2D eigenvalue weighted by atomic mass is 32.2. The first-order valence-electron chi connectivity index (χ1n) is 5.64. The van der Waals surface area contributed by atoms with Gasteiger partial charge in [0.05, 0.1) is 6.20 Å². The lowest BCUT2D eigenvalue weighted by molar-refractivity contribution is 0.445. The smallest absolute Gasteiger partial charge is 0.259 e. The Balaban J connectivity index is 2.62. The van der Waals surface area contributed by atoms with Crippen molar-refractivity contribution >= 4 is 10.0 Å². The first kappa shape index (κ1) is 14.1. The van der Waals surface area contributed by atoms with Gasteiger partial charge in [0, 0.05) is 20.6 Å². The molecule has 17 heavy (non-hydrogen) atoms. The number of aryl methyl sites for hydroxylation is 1. The van der Waals surface area contributed by atoms with E-state index in [-0.39, 0.29) is 5.03 Å². The first-order chi connectivity index (χ1) is 8.00. The molecule has 0 aromatic carbocycles. The van der Waals surface area contributed by atoms with Crippen LogP contribution in [0.25, 0.3) is 0 Å². The van der Waals surface area contributed by atoms with Gasteiger partial charge in [0.25, 0.3) is 10.0 Å². The van der Waals surface area contributed by atoms with Crippen LogP contribution in [0, 0.1) is 0 Å². The zero-order valence-electron chi connectivity index (χ0n) is 10.3. The Bertz CT molecular complexity index is 441. The lowest BCUT2D eigenvalue weighted by Crippen LogP contribution is -2.29. The Morgan fingerprint density at radius 2 is 2.12 bits per heavy atom. The van der Waals surface area contributed by atoms with E-state index < -0.39 is 10.0 Å². The lowest BCUT2D eigenvalue weighted by atomic mass is 10.2. The van der Waals surface area contributed by atoms with Gasteiger partial charge < -0.3 is 5.73 Å². The molecule has 1 heterocycles. The van der Waals surface area contributed by atoms with Crippen molar-refractivity contribution in [2.45, 2.75) is 24.3 Å². The molecule has 0 spiro atoms. The van der Waals surface area contributed by atoms with Crippen LogP contribution in [0.3, 0.4) is 0 Å². The maximum Gasteiger partial charge on any atom is 0.259 e. The van der Waals surface area contributed by atoms with Crippen LogP contribution in [-0.2, 0) is 17.1 Å². The van der Waals surface area contributed by atoms with Crippen molar-refractivity contribution in [1.29, 1.82) is 0 Å². The molecule has 1 aromatic heterocycles. The summed E-state index contributed by atoms with van der Waals surface area (Å²) >= 11 is 0. The molecule has 0 aliphatic carbocycles. The Labute approximate surface area is 102 Å². The predicted molar refractivity (Wildman–Crippen MR) is 65.9 cm³/mol. The Morgan fingerprint density at radius 1 is 1.41 bits per heavy atom. The number of hydrogen-bond acceptors (Lipinski definition) is 4. The third kappa shape index (κ3) is 3.52. The second-order valence-electron chi connectivity index (χ2n) is 3.97.